The average molecular weight is 419 g/mol. The van der Waals surface area contributed by atoms with Gasteiger partial charge in [0.1, 0.15) is 5.60 Å². The molecule has 0 saturated heterocycles. The number of unbranched alkanes of at least 4 members (excludes halogenated alkanes) is 4. The summed E-state index contributed by atoms with van der Waals surface area (Å²) in [6.45, 7) is 0.549. The molecule has 6 heteroatoms. The standard InChI is InChI=1S/C24H34O6/c25-17-30-24(13-14-24)10-6-4-7-18-15-19(21(27)20(26)16-18)8-3-1-2-5-9-23(11-12-23)22(28)29/h15-17,26-27H,1-14H2,(H,28,29). The number of carboxylic acid groups (broad SMARTS) is 1. The summed E-state index contributed by atoms with van der Waals surface area (Å²) in [5.41, 5.74) is 1.14. The van der Waals surface area contributed by atoms with Crippen molar-refractivity contribution in [3.63, 3.8) is 0 Å². The number of aromatic hydroxyl groups is 2. The highest BCUT2D eigenvalue weighted by atomic mass is 16.5. The summed E-state index contributed by atoms with van der Waals surface area (Å²) in [5, 5.41) is 29.5. The zero-order chi connectivity index (χ0) is 21.6. The largest absolute Gasteiger partial charge is 0.504 e. The number of phenols is 2. The van der Waals surface area contributed by atoms with Crippen molar-refractivity contribution >= 4 is 12.4 Å². The van der Waals surface area contributed by atoms with Gasteiger partial charge in [-0.2, -0.15) is 0 Å². The van der Waals surface area contributed by atoms with Crippen LogP contribution in [0.4, 0.5) is 0 Å². The lowest BCUT2D eigenvalue weighted by Crippen LogP contribution is -2.14. The lowest BCUT2D eigenvalue weighted by Gasteiger charge is -2.13. The second kappa shape index (κ2) is 9.71. The third-order valence-electron chi connectivity index (χ3n) is 6.84. The van der Waals surface area contributed by atoms with E-state index < -0.39 is 11.4 Å². The SMILES string of the molecule is O=COC1(CCCCc2cc(O)c(O)c(CCCCCCC3(C(=O)O)CC3)c2)CC1. The van der Waals surface area contributed by atoms with Crippen LogP contribution in [0.15, 0.2) is 12.1 Å². The minimum Gasteiger partial charge on any atom is -0.504 e. The Morgan fingerprint density at radius 2 is 1.60 bits per heavy atom. The number of carboxylic acids is 1. The van der Waals surface area contributed by atoms with Gasteiger partial charge in [0.25, 0.3) is 6.47 Å². The molecule has 0 atom stereocenters. The highest BCUT2D eigenvalue weighted by Crippen LogP contribution is 2.50. The Morgan fingerprint density at radius 1 is 0.933 bits per heavy atom. The molecule has 0 heterocycles. The monoisotopic (exact) mass is 418 g/mol. The van der Waals surface area contributed by atoms with E-state index in [0.29, 0.717) is 12.9 Å². The number of carbonyl (C=O) groups is 2. The quantitative estimate of drug-likeness (QED) is 0.213. The van der Waals surface area contributed by atoms with Gasteiger partial charge >= 0.3 is 5.97 Å². The molecule has 0 bridgehead atoms. The second-order valence-electron chi connectivity index (χ2n) is 9.23. The Kier molecular flexibility index (Phi) is 7.27. The first-order valence-corrected chi connectivity index (χ1v) is 11.3. The maximum Gasteiger partial charge on any atom is 0.309 e. The van der Waals surface area contributed by atoms with Gasteiger partial charge in [-0.25, -0.2) is 0 Å². The van der Waals surface area contributed by atoms with Crippen molar-refractivity contribution < 1.29 is 29.6 Å². The second-order valence-corrected chi connectivity index (χ2v) is 9.23. The molecule has 2 aliphatic rings. The van der Waals surface area contributed by atoms with Crippen LogP contribution in [-0.2, 0) is 27.2 Å². The van der Waals surface area contributed by atoms with Crippen LogP contribution in [0.5, 0.6) is 11.5 Å². The number of hydrogen-bond acceptors (Lipinski definition) is 5. The number of aliphatic carboxylic acids is 1. The molecule has 0 unspecified atom stereocenters. The highest BCUT2D eigenvalue weighted by molar-refractivity contribution is 5.77. The van der Waals surface area contributed by atoms with Crippen molar-refractivity contribution in [2.75, 3.05) is 0 Å². The number of benzene rings is 1. The number of aryl methyl sites for hydroxylation is 2. The molecular weight excluding hydrogens is 384 g/mol. The average Bonchev–Trinajstić information content (AvgIpc) is 3.63. The summed E-state index contributed by atoms with van der Waals surface area (Å²) in [6, 6.07) is 3.61. The molecule has 0 spiro atoms. The van der Waals surface area contributed by atoms with Gasteiger partial charge in [0, 0.05) is 0 Å². The molecule has 2 aliphatic carbocycles. The van der Waals surface area contributed by atoms with E-state index in [1.165, 1.54) is 0 Å². The lowest BCUT2D eigenvalue weighted by atomic mass is 9.96. The normalized spacial score (nSPS) is 18.0. The number of rotatable bonds is 15. The molecule has 30 heavy (non-hydrogen) atoms. The van der Waals surface area contributed by atoms with E-state index in [1.54, 1.807) is 6.07 Å². The molecule has 1 aromatic rings. The molecule has 6 nitrogen and oxygen atoms in total. The van der Waals surface area contributed by atoms with Crippen LogP contribution in [0.25, 0.3) is 0 Å². The zero-order valence-electron chi connectivity index (χ0n) is 17.7. The smallest absolute Gasteiger partial charge is 0.309 e. The third kappa shape index (κ3) is 5.89. The van der Waals surface area contributed by atoms with Crippen LogP contribution in [-0.4, -0.2) is 33.4 Å². The zero-order valence-corrected chi connectivity index (χ0v) is 17.7. The van der Waals surface area contributed by atoms with E-state index in [9.17, 15) is 24.9 Å². The maximum atomic E-state index is 11.2. The molecule has 1 aromatic carbocycles. The molecular formula is C24H34O6. The first kappa shape index (κ1) is 22.4. The van der Waals surface area contributed by atoms with Gasteiger partial charge in [0.2, 0.25) is 0 Å². The molecule has 2 saturated carbocycles. The maximum absolute atomic E-state index is 11.2. The van der Waals surface area contributed by atoms with Gasteiger partial charge in [-0.05, 0) is 87.8 Å². The summed E-state index contributed by atoms with van der Waals surface area (Å²) >= 11 is 0. The van der Waals surface area contributed by atoms with E-state index in [-0.39, 0.29) is 17.1 Å². The molecule has 0 radical (unpaired) electrons. The van der Waals surface area contributed by atoms with Crippen molar-refractivity contribution in [1.29, 1.82) is 0 Å². The van der Waals surface area contributed by atoms with E-state index in [1.807, 2.05) is 6.07 Å². The third-order valence-corrected chi connectivity index (χ3v) is 6.84. The molecule has 166 valence electrons. The Bertz CT molecular complexity index is 748. The van der Waals surface area contributed by atoms with Crippen molar-refractivity contribution in [2.24, 2.45) is 5.41 Å². The Hall–Kier alpha value is -2.24. The van der Waals surface area contributed by atoms with Crippen molar-refractivity contribution in [3.05, 3.63) is 23.3 Å². The summed E-state index contributed by atoms with van der Waals surface area (Å²) in [4.78, 5) is 21.7. The van der Waals surface area contributed by atoms with Crippen LogP contribution in [0.3, 0.4) is 0 Å². The van der Waals surface area contributed by atoms with Crippen LogP contribution in [0.1, 0.15) is 88.2 Å². The Labute approximate surface area is 178 Å². The van der Waals surface area contributed by atoms with E-state index in [2.05, 4.69) is 0 Å². The minimum absolute atomic E-state index is 0.0297. The van der Waals surface area contributed by atoms with Crippen LogP contribution in [0, 0.1) is 5.41 Å². The van der Waals surface area contributed by atoms with Crippen LogP contribution < -0.4 is 0 Å². The molecule has 0 aromatic heterocycles. The fourth-order valence-electron chi connectivity index (χ4n) is 4.38. The Balaban J connectivity index is 1.37. The summed E-state index contributed by atoms with van der Waals surface area (Å²) in [6.07, 6.45) is 12.4. The van der Waals surface area contributed by atoms with Gasteiger partial charge < -0.3 is 20.1 Å². The van der Waals surface area contributed by atoms with Gasteiger partial charge in [-0.15, -0.1) is 0 Å². The van der Waals surface area contributed by atoms with Gasteiger partial charge in [0.15, 0.2) is 11.5 Å². The predicted molar refractivity (Wildman–Crippen MR) is 113 cm³/mol. The topological polar surface area (TPSA) is 104 Å². The minimum atomic E-state index is -0.650. The number of phenolic OH excluding ortho intramolecular Hbond substituents is 2. The molecule has 2 fully saturated rings. The Morgan fingerprint density at radius 3 is 2.23 bits per heavy atom. The summed E-state index contributed by atoms with van der Waals surface area (Å²) in [7, 11) is 0. The molecule has 3 N–H and O–H groups in total. The fraction of sp³-hybridized carbons (Fsp3) is 0.667. The van der Waals surface area contributed by atoms with Crippen molar-refractivity contribution in [3.8, 4) is 11.5 Å². The fourth-order valence-corrected chi connectivity index (χ4v) is 4.38. The van der Waals surface area contributed by atoms with E-state index in [0.717, 1.165) is 94.6 Å². The first-order valence-electron chi connectivity index (χ1n) is 11.3. The summed E-state index contributed by atoms with van der Waals surface area (Å²) < 4.78 is 5.17. The van der Waals surface area contributed by atoms with Crippen molar-refractivity contribution in [2.45, 2.75) is 95.5 Å². The first-order chi connectivity index (χ1) is 14.4. The van der Waals surface area contributed by atoms with Gasteiger partial charge in [-0.3, -0.25) is 9.59 Å². The van der Waals surface area contributed by atoms with Crippen molar-refractivity contribution in [1.82, 2.24) is 0 Å². The van der Waals surface area contributed by atoms with Crippen LogP contribution in [0.2, 0.25) is 0 Å². The predicted octanol–water partition coefficient (Wildman–Crippen LogP) is 4.87. The van der Waals surface area contributed by atoms with Gasteiger partial charge in [0.05, 0.1) is 5.41 Å². The number of ether oxygens (including phenoxy) is 1. The van der Waals surface area contributed by atoms with Gasteiger partial charge in [-0.1, -0.05) is 25.3 Å². The molecule has 0 aliphatic heterocycles. The summed E-state index contributed by atoms with van der Waals surface area (Å²) in [5.74, 6) is -0.747. The lowest BCUT2D eigenvalue weighted by molar-refractivity contribution is -0.143. The number of carbonyl (C=O) groups excluding carboxylic acids is 1. The van der Waals surface area contributed by atoms with E-state index >= 15 is 0 Å². The molecule has 3 rings (SSSR count). The van der Waals surface area contributed by atoms with Crippen LogP contribution >= 0.6 is 0 Å². The number of hydrogen-bond donors (Lipinski definition) is 3. The highest BCUT2D eigenvalue weighted by Gasteiger charge is 2.49. The van der Waals surface area contributed by atoms with E-state index in [4.69, 9.17) is 4.74 Å². The molecule has 0 amide bonds.